The molecule has 0 aliphatic heterocycles. The predicted molar refractivity (Wildman–Crippen MR) is 85.6 cm³/mol. The average molecular weight is 315 g/mol. The fourth-order valence-corrected chi connectivity index (χ4v) is 1.82. The number of nitrogens with one attached hydrogen (secondary N) is 1. The van der Waals surface area contributed by atoms with Gasteiger partial charge in [0.05, 0.1) is 30.7 Å². The number of carbonyl (C=O) groups is 1. The second kappa shape index (κ2) is 9.60. The first kappa shape index (κ1) is 17.8. The first-order valence-electron chi connectivity index (χ1n) is 7.03. The first-order valence-corrected chi connectivity index (χ1v) is 7.41. The molecule has 0 aliphatic rings. The Hall–Kier alpha value is -1.30. The van der Waals surface area contributed by atoms with Crippen molar-refractivity contribution in [3.63, 3.8) is 0 Å². The molecule has 6 heteroatoms. The molecule has 1 aromatic carbocycles. The van der Waals surface area contributed by atoms with E-state index in [1.807, 2.05) is 13.8 Å². The van der Waals surface area contributed by atoms with E-state index < -0.39 is 0 Å². The highest BCUT2D eigenvalue weighted by Crippen LogP contribution is 2.22. The number of amides is 1. The van der Waals surface area contributed by atoms with Crippen LogP contribution in [0, 0.1) is 0 Å². The minimum absolute atomic E-state index is 0.0916. The minimum atomic E-state index is -0.0916. The normalized spacial score (nSPS) is 10.9. The number of rotatable bonds is 9. The summed E-state index contributed by atoms with van der Waals surface area (Å²) in [4.78, 5) is 11.7. The van der Waals surface area contributed by atoms with Gasteiger partial charge >= 0.3 is 0 Å². The first-order chi connectivity index (χ1) is 9.99. The molecule has 0 saturated heterocycles. The van der Waals surface area contributed by atoms with Gasteiger partial charge in [-0.3, -0.25) is 4.79 Å². The molecule has 0 radical (unpaired) electrons. The molecule has 0 saturated carbocycles. The van der Waals surface area contributed by atoms with Gasteiger partial charge in [-0.1, -0.05) is 11.6 Å². The van der Waals surface area contributed by atoms with Crippen LogP contribution in [0.3, 0.4) is 0 Å². The van der Waals surface area contributed by atoms with E-state index >= 15 is 0 Å². The molecule has 0 spiro atoms. The molecule has 0 aromatic heterocycles. The summed E-state index contributed by atoms with van der Waals surface area (Å²) in [7, 11) is 0. The van der Waals surface area contributed by atoms with Crippen molar-refractivity contribution in [1.82, 2.24) is 0 Å². The van der Waals surface area contributed by atoms with Crippen LogP contribution in [0.2, 0.25) is 5.02 Å². The summed E-state index contributed by atoms with van der Waals surface area (Å²) in [5, 5.41) is 3.30. The minimum Gasteiger partial charge on any atom is -0.397 e. The van der Waals surface area contributed by atoms with E-state index in [1.165, 1.54) is 0 Å². The maximum absolute atomic E-state index is 11.7. The fraction of sp³-hybridized carbons (Fsp3) is 0.533. The molecule has 1 amide bonds. The topological polar surface area (TPSA) is 73.6 Å². The van der Waals surface area contributed by atoms with E-state index in [4.69, 9.17) is 26.8 Å². The summed E-state index contributed by atoms with van der Waals surface area (Å²) in [5.74, 6) is -0.0916. The fourth-order valence-electron chi connectivity index (χ4n) is 1.64. The molecule has 1 rings (SSSR count). The number of hydrogen-bond donors (Lipinski definition) is 2. The zero-order valence-corrected chi connectivity index (χ0v) is 13.3. The van der Waals surface area contributed by atoms with Crippen LogP contribution in [-0.2, 0) is 14.3 Å². The zero-order chi connectivity index (χ0) is 15.7. The Labute approximate surface area is 130 Å². The number of carbonyl (C=O) groups excluding carboxylic acids is 1. The summed E-state index contributed by atoms with van der Waals surface area (Å²) in [6.07, 6.45) is 1.25. The molecule has 5 nitrogen and oxygen atoms in total. The van der Waals surface area contributed by atoms with Gasteiger partial charge in [0.1, 0.15) is 0 Å². The molecule has 21 heavy (non-hydrogen) atoms. The Kier molecular flexibility index (Phi) is 8.12. The van der Waals surface area contributed by atoms with Crippen LogP contribution in [0.25, 0.3) is 0 Å². The van der Waals surface area contributed by atoms with Gasteiger partial charge in [0.25, 0.3) is 0 Å². The number of nitrogen functional groups attached to an aromatic ring is 1. The van der Waals surface area contributed by atoms with Crippen LogP contribution < -0.4 is 11.1 Å². The maximum Gasteiger partial charge on any atom is 0.224 e. The molecule has 0 aliphatic carbocycles. The molecule has 0 fully saturated rings. The Bertz CT molecular complexity index is 453. The van der Waals surface area contributed by atoms with E-state index in [1.54, 1.807) is 18.2 Å². The van der Waals surface area contributed by atoms with Crippen LogP contribution in [-0.4, -0.2) is 31.8 Å². The number of halogens is 1. The zero-order valence-electron chi connectivity index (χ0n) is 12.5. The van der Waals surface area contributed by atoms with Crippen LogP contribution >= 0.6 is 11.6 Å². The van der Waals surface area contributed by atoms with Gasteiger partial charge in [0.2, 0.25) is 5.91 Å². The van der Waals surface area contributed by atoms with Crippen LogP contribution in [0.15, 0.2) is 18.2 Å². The van der Waals surface area contributed by atoms with Gasteiger partial charge in [0.15, 0.2) is 0 Å². The number of benzene rings is 1. The van der Waals surface area contributed by atoms with E-state index in [0.717, 1.165) is 0 Å². The van der Waals surface area contributed by atoms with Crippen LogP contribution in [0.4, 0.5) is 11.4 Å². The van der Waals surface area contributed by atoms with Crippen molar-refractivity contribution in [2.24, 2.45) is 0 Å². The second-order valence-electron chi connectivity index (χ2n) is 4.92. The number of hydrogen-bond acceptors (Lipinski definition) is 4. The van der Waals surface area contributed by atoms with Gasteiger partial charge < -0.3 is 20.5 Å². The Morgan fingerprint density at radius 1 is 1.33 bits per heavy atom. The Morgan fingerprint density at radius 2 is 2.10 bits per heavy atom. The molecule has 0 bridgehead atoms. The quantitative estimate of drug-likeness (QED) is 0.542. The van der Waals surface area contributed by atoms with E-state index in [-0.39, 0.29) is 12.0 Å². The number of nitrogens with two attached hydrogens (primary N) is 1. The summed E-state index contributed by atoms with van der Waals surface area (Å²) in [6.45, 7) is 5.61. The second-order valence-corrected chi connectivity index (χ2v) is 5.35. The molecule has 118 valence electrons. The third kappa shape index (κ3) is 7.90. The van der Waals surface area contributed by atoms with Crippen molar-refractivity contribution in [1.29, 1.82) is 0 Å². The van der Waals surface area contributed by atoms with Gasteiger partial charge in [-0.15, -0.1) is 0 Å². The monoisotopic (exact) mass is 314 g/mol. The van der Waals surface area contributed by atoms with Crippen molar-refractivity contribution in [2.45, 2.75) is 32.8 Å². The molecular formula is C15H23ClN2O3. The van der Waals surface area contributed by atoms with Gasteiger partial charge in [-0.05, 0) is 38.5 Å². The highest BCUT2D eigenvalue weighted by atomic mass is 35.5. The van der Waals surface area contributed by atoms with Gasteiger partial charge in [-0.25, -0.2) is 0 Å². The maximum atomic E-state index is 11.7. The van der Waals surface area contributed by atoms with E-state index in [0.29, 0.717) is 49.1 Å². The van der Waals surface area contributed by atoms with E-state index in [2.05, 4.69) is 5.32 Å². The Morgan fingerprint density at radius 3 is 2.76 bits per heavy atom. The summed E-state index contributed by atoms with van der Waals surface area (Å²) < 4.78 is 10.7. The number of anilines is 2. The summed E-state index contributed by atoms with van der Waals surface area (Å²) in [6, 6.07) is 4.98. The lowest BCUT2D eigenvalue weighted by atomic mass is 10.2. The SMILES string of the molecule is CC(C)OCCOCCCC(=O)Nc1ccc(Cl)cc1N. The Balaban J connectivity index is 2.14. The third-order valence-electron chi connectivity index (χ3n) is 2.66. The van der Waals surface area contributed by atoms with Gasteiger partial charge in [0, 0.05) is 18.1 Å². The molecule has 1 aromatic rings. The van der Waals surface area contributed by atoms with Crippen LogP contribution in [0.1, 0.15) is 26.7 Å². The van der Waals surface area contributed by atoms with Crippen molar-refractivity contribution in [3.05, 3.63) is 23.2 Å². The van der Waals surface area contributed by atoms with E-state index in [9.17, 15) is 4.79 Å². The van der Waals surface area contributed by atoms with Crippen LogP contribution in [0.5, 0.6) is 0 Å². The lowest BCUT2D eigenvalue weighted by molar-refractivity contribution is -0.116. The molecule has 0 heterocycles. The van der Waals surface area contributed by atoms with Crippen molar-refractivity contribution < 1.29 is 14.3 Å². The smallest absolute Gasteiger partial charge is 0.224 e. The van der Waals surface area contributed by atoms with Crippen molar-refractivity contribution >= 4 is 28.9 Å². The molecule has 3 N–H and O–H groups in total. The van der Waals surface area contributed by atoms with Gasteiger partial charge in [-0.2, -0.15) is 0 Å². The molecular weight excluding hydrogens is 292 g/mol. The lowest BCUT2D eigenvalue weighted by Gasteiger charge is -2.09. The average Bonchev–Trinajstić information content (AvgIpc) is 2.40. The summed E-state index contributed by atoms with van der Waals surface area (Å²) >= 11 is 5.80. The summed E-state index contributed by atoms with van der Waals surface area (Å²) in [5.41, 5.74) is 6.80. The highest BCUT2D eigenvalue weighted by Gasteiger charge is 2.05. The molecule has 0 atom stereocenters. The molecule has 0 unspecified atom stereocenters. The van der Waals surface area contributed by atoms with Crippen molar-refractivity contribution in [2.75, 3.05) is 30.9 Å². The van der Waals surface area contributed by atoms with Crippen molar-refractivity contribution in [3.8, 4) is 0 Å². The predicted octanol–water partition coefficient (Wildman–Crippen LogP) is 3.08. The lowest BCUT2D eigenvalue weighted by Crippen LogP contribution is -2.14. The highest BCUT2D eigenvalue weighted by molar-refractivity contribution is 6.31. The number of ether oxygens (including phenoxy) is 2. The largest absolute Gasteiger partial charge is 0.397 e. The third-order valence-corrected chi connectivity index (χ3v) is 2.89. The standard InChI is InChI=1S/C15H23ClN2O3/c1-11(2)21-9-8-20-7-3-4-15(19)18-14-6-5-12(16)10-13(14)17/h5-6,10-11H,3-4,7-9,17H2,1-2H3,(H,18,19).